The molecule has 6 heteroatoms. The van der Waals surface area contributed by atoms with E-state index in [0.717, 1.165) is 15.8 Å². The van der Waals surface area contributed by atoms with Crippen molar-refractivity contribution in [2.75, 3.05) is 5.75 Å². The first-order valence-corrected chi connectivity index (χ1v) is 9.41. The molecular formula is C16H22BrFN2OS. The molecule has 0 aromatic carbocycles. The number of fused-ring (bicyclic) bond motifs is 1. The zero-order valence-corrected chi connectivity index (χ0v) is 16.0. The minimum atomic E-state index is -1.03. The van der Waals surface area contributed by atoms with Crippen LogP contribution >= 0.6 is 15.9 Å². The van der Waals surface area contributed by atoms with Crippen LogP contribution in [0.1, 0.15) is 58.0 Å². The molecule has 3 nitrogen and oxygen atoms in total. The number of hydrogen-bond donors (Lipinski definition) is 0. The highest BCUT2D eigenvalue weighted by molar-refractivity contribution is 9.10. The number of nitrogens with zero attached hydrogens (tertiary/aromatic N) is 2. The van der Waals surface area contributed by atoms with E-state index >= 15 is 0 Å². The van der Waals surface area contributed by atoms with Crippen molar-refractivity contribution in [1.29, 1.82) is 0 Å². The van der Waals surface area contributed by atoms with Crippen LogP contribution < -0.4 is 0 Å². The molecule has 0 fully saturated rings. The molecule has 2 heterocycles. The van der Waals surface area contributed by atoms with Crippen molar-refractivity contribution >= 4 is 32.4 Å². The van der Waals surface area contributed by atoms with Crippen LogP contribution in [0.3, 0.4) is 0 Å². The van der Waals surface area contributed by atoms with E-state index in [-0.39, 0.29) is 10.7 Å². The molecule has 0 spiro atoms. The Kier molecular flexibility index (Phi) is 5.12. The summed E-state index contributed by atoms with van der Waals surface area (Å²) in [6.07, 6.45) is 2.63. The number of rotatable bonds is 4. The molecule has 2 aromatic heterocycles. The Bertz CT molecular complexity index is 706. The highest BCUT2D eigenvalue weighted by atomic mass is 79.9. The Hall–Kier alpha value is -0.750. The summed E-state index contributed by atoms with van der Waals surface area (Å²) in [7, 11) is -0.928. The van der Waals surface area contributed by atoms with Crippen molar-refractivity contribution in [3.05, 3.63) is 34.2 Å². The summed E-state index contributed by atoms with van der Waals surface area (Å²) in [4.78, 5) is 4.61. The monoisotopic (exact) mass is 388 g/mol. The summed E-state index contributed by atoms with van der Waals surface area (Å²) >= 11 is 3.45. The first kappa shape index (κ1) is 17.6. The van der Waals surface area contributed by atoms with Crippen molar-refractivity contribution in [3.8, 4) is 0 Å². The van der Waals surface area contributed by atoms with Crippen molar-refractivity contribution in [3.63, 3.8) is 0 Å². The van der Waals surface area contributed by atoms with Crippen LogP contribution in [0.25, 0.3) is 5.65 Å². The third kappa shape index (κ3) is 3.77. The van der Waals surface area contributed by atoms with Gasteiger partial charge in [0.05, 0.1) is 10.2 Å². The molecule has 2 aromatic rings. The lowest BCUT2D eigenvalue weighted by atomic mass is 10.1. The van der Waals surface area contributed by atoms with Crippen LogP contribution in [0.4, 0.5) is 4.39 Å². The second-order valence-corrected chi connectivity index (χ2v) is 9.76. The first-order chi connectivity index (χ1) is 10.1. The van der Waals surface area contributed by atoms with Crippen molar-refractivity contribution in [2.24, 2.45) is 0 Å². The lowest BCUT2D eigenvalue weighted by Crippen LogP contribution is -2.26. The van der Waals surface area contributed by atoms with Gasteiger partial charge < -0.3 is 4.40 Å². The second-order valence-electron chi connectivity index (χ2n) is 6.66. The van der Waals surface area contributed by atoms with Gasteiger partial charge in [-0.25, -0.2) is 9.37 Å². The zero-order valence-electron chi connectivity index (χ0n) is 13.6. The van der Waals surface area contributed by atoms with Crippen LogP contribution in [0.2, 0.25) is 0 Å². The molecular weight excluding hydrogens is 367 g/mol. The Labute approximate surface area is 141 Å². The van der Waals surface area contributed by atoms with E-state index in [0.29, 0.717) is 11.3 Å². The summed E-state index contributed by atoms with van der Waals surface area (Å²) < 4.78 is 28.2. The Morgan fingerprint density at radius 3 is 2.55 bits per heavy atom. The molecule has 0 saturated carbocycles. The van der Waals surface area contributed by atoms with Crippen molar-refractivity contribution in [1.82, 2.24) is 9.38 Å². The normalized spacial score (nSPS) is 16.7. The molecule has 0 aliphatic rings. The molecule has 0 radical (unpaired) electrons. The second kappa shape index (κ2) is 6.40. The molecule has 0 aliphatic carbocycles. The average Bonchev–Trinajstić information content (AvgIpc) is 2.81. The average molecular weight is 389 g/mol. The third-order valence-electron chi connectivity index (χ3n) is 3.59. The van der Waals surface area contributed by atoms with Gasteiger partial charge in [-0.15, -0.1) is 0 Å². The quantitative estimate of drug-likeness (QED) is 0.755. The van der Waals surface area contributed by atoms with Crippen LogP contribution in [0.5, 0.6) is 0 Å². The van der Waals surface area contributed by atoms with E-state index < -0.39 is 17.0 Å². The molecule has 0 amide bonds. The first-order valence-electron chi connectivity index (χ1n) is 7.30. The summed E-state index contributed by atoms with van der Waals surface area (Å²) in [6, 6.07) is 1.76. The van der Waals surface area contributed by atoms with E-state index in [1.54, 1.807) is 12.3 Å². The predicted molar refractivity (Wildman–Crippen MR) is 93.6 cm³/mol. The highest BCUT2D eigenvalue weighted by Crippen LogP contribution is 2.27. The van der Waals surface area contributed by atoms with Crippen LogP contribution in [-0.2, 0) is 10.8 Å². The van der Waals surface area contributed by atoms with Gasteiger partial charge in [-0.2, -0.15) is 0 Å². The fraction of sp³-hybridized carbons (Fsp3) is 0.562. The van der Waals surface area contributed by atoms with E-state index in [4.69, 9.17) is 0 Å². The number of halogens is 2. The van der Waals surface area contributed by atoms with Gasteiger partial charge in [-0.05, 0) is 49.7 Å². The zero-order chi connectivity index (χ0) is 16.7. The van der Waals surface area contributed by atoms with E-state index in [9.17, 15) is 8.60 Å². The summed E-state index contributed by atoms with van der Waals surface area (Å²) in [5.41, 5.74) is 2.24. The topological polar surface area (TPSA) is 34.4 Å². The van der Waals surface area contributed by atoms with E-state index in [2.05, 4.69) is 20.9 Å². The van der Waals surface area contributed by atoms with Gasteiger partial charge in [0, 0.05) is 45.2 Å². The number of pyridine rings is 1. The lowest BCUT2D eigenvalue weighted by Gasteiger charge is -2.19. The molecule has 0 bridgehead atoms. The molecule has 0 saturated heterocycles. The van der Waals surface area contributed by atoms with Crippen LogP contribution in [0.15, 0.2) is 22.9 Å². The number of alkyl halides is 1. The maximum absolute atomic E-state index is 13.5. The number of imidazole rings is 1. The minimum absolute atomic E-state index is 0.0816. The van der Waals surface area contributed by atoms with E-state index in [1.165, 1.54) is 6.92 Å². The largest absolute Gasteiger partial charge is 0.305 e. The molecule has 122 valence electrons. The smallest absolute Gasteiger partial charge is 0.151 e. The highest BCUT2D eigenvalue weighted by Gasteiger charge is 2.23. The summed E-state index contributed by atoms with van der Waals surface area (Å²) in [6.45, 7) is 9.47. The van der Waals surface area contributed by atoms with Gasteiger partial charge in [-0.1, -0.05) is 6.92 Å². The molecule has 22 heavy (non-hydrogen) atoms. The maximum Gasteiger partial charge on any atom is 0.151 e. The Morgan fingerprint density at radius 1 is 1.36 bits per heavy atom. The SMILES string of the molecule is CC(F)c1cc(Br)c2nc([C@@H](C)CS(=O)C(C)(C)C)cn2c1. The van der Waals surface area contributed by atoms with E-state index in [1.807, 2.05) is 38.3 Å². The van der Waals surface area contributed by atoms with Gasteiger partial charge in [0.15, 0.2) is 5.65 Å². The molecule has 2 rings (SSSR count). The van der Waals surface area contributed by atoms with Gasteiger partial charge in [0.1, 0.15) is 6.17 Å². The molecule has 0 N–H and O–H groups in total. The maximum atomic E-state index is 13.5. The number of aromatic nitrogens is 2. The minimum Gasteiger partial charge on any atom is -0.305 e. The molecule has 3 atom stereocenters. The fourth-order valence-corrected chi connectivity index (χ4v) is 3.80. The Balaban J connectivity index is 2.33. The fourth-order valence-electron chi connectivity index (χ4n) is 2.11. The third-order valence-corrected chi connectivity index (χ3v) is 6.35. The van der Waals surface area contributed by atoms with Gasteiger partial charge >= 0.3 is 0 Å². The standard InChI is InChI=1S/C16H22BrFN2OS/c1-10(9-22(21)16(3,4)5)14-8-20-7-12(11(2)18)6-13(17)15(20)19-14/h6-8,10-11H,9H2,1-5H3/t10-,11?,22?/m0/s1. The predicted octanol–water partition coefficient (Wildman–Crippen LogP) is 4.78. The molecule has 2 unspecified atom stereocenters. The van der Waals surface area contributed by atoms with Crippen LogP contribution in [-0.4, -0.2) is 24.1 Å². The van der Waals surface area contributed by atoms with Gasteiger partial charge in [0.2, 0.25) is 0 Å². The van der Waals surface area contributed by atoms with Gasteiger partial charge in [-0.3, -0.25) is 4.21 Å². The number of hydrogen-bond acceptors (Lipinski definition) is 2. The molecule has 0 aliphatic heterocycles. The summed E-state index contributed by atoms with van der Waals surface area (Å²) in [5, 5.41) is 0. The van der Waals surface area contributed by atoms with Gasteiger partial charge in [0.25, 0.3) is 0 Å². The lowest BCUT2D eigenvalue weighted by molar-refractivity contribution is 0.373. The van der Waals surface area contributed by atoms with Crippen molar-refractivity contribution < 1.29 is 8.60 Å². The Morgan fingerprint density at radius 2 is 2.00 bits per heavy atom. The van der Waals surface area contributed by atoms with Crippen molar-refractivity contribution in [2.45, 2.75) is 51.5 Å². The van der Waals surface area contributed by atoms with Crippen LogP contribution in [0, 0.1) is 0 Å². The summed E-state index contributed by atoms with van der Waals surface area (Å²) in [5.74, 6) is 0.648.